The highest BCUT2D eigenvalue weighted by molar-refractivity contribution is 7.46. The van der Waals surface area contributed by atoms with Crippen LogP contribution in [0.25, 0.3) is 0 Å². The van der Waals surface area contributed by atoms with Crippen molar-refractivity contribution in [2.45, 2.75) is 95.3 Å². The largest absolute Gasteiger partial charge is 0.524 e. The third-order valence-corrected chi connectivity index (χ3v) is 8.03. The molecule has 2 aromatic rings. The zero-order chi connectivity index (χ0) is 39.9. The number of phosphoric acid groups is 1. The first-order valence-corrected chi connectivity index (χ1v) is 18.0. The van der Waals surface area contributed by atoms with E-state index in [1.807, 2.05) is 6.92 Å². The Morgan fingerprint density at radius 3 is 1.96 bits per heavy atom. The molecule has 22 heteroatoms. The molecule has 0 aliphatic carbocycles. The Bertz CT molecular complexity index is 1580. The molecule has 294 valence electrons. The molecule has 0 spiro atoms. The van der Waals surface area contributed by atoms with Crippen molar-refractivity contribution in [3.8, 4) is 5.75 Å². The van der Waals surface area contributed by atoms with Crippen molar-refractivity contribution >= 4 is 43.3 Å². The standard InChI is InChI=1S/C31H47N8O13P/c1-4-5-6-22(31(47)48)37-29(45)25(16(2)40)39-30(46)26(17(3)41)38-28(44)23(11-18-7-9-20(10-8-18)52-53(49,50)51)36-24(42)14-34-27(43)21(32)12-19-13-33-15-35-19/h7-10,13,15-17,21-23,25-26,40-41H,4-6,11-12,14,32H2,1-3H3,(H,33,35)(H,34,43)(H,36,42)(H,37,45)(H,38,44)(H,39,46)(H,47,48)(H2,49,50,51)/t16-,17-,21+,22+,23+,25+,26+/m1/s1. The number of H-pyrrole nitrogens is 1. The number of aromatic nitrogens is 2. The lowest BCUT2D eigenvalue weighted by atomic mass is 10.0. The summed E-state index contributed by atoms with van der Waals surface area (Å²) in [7, 11) is -4.88. The van der Waals surface area contributed by atoms with E-state index >= 15 is 0 Å². The number of hydrogen-bond donors (Lipinski definition) is 12. The number of nitrogens with two attached hydrogens (primary N) is 1. The zero-order valence-electron chi connectivity index (χ0n) is 29.2. The van der Waals surface area contributed by atoms with E-state index in [1.54, 1.807) is 0 Å². The third kappa shape index (κ3) is 15.7. The second-order valence-corrected chi connectivity index (χ2v) is 13.3. The number of benzene rings is 1. The molecule has 0 saturated carbocycles. The average molecular weight is 771 g/mol. The van der Waals surface area contributed by atoms with Gasteiger partial charge in [-0.25, -0.2) is 14.3 Å². The van der Waals surface area contributed by atoms with Crippen LogP contribution in [0, 0.1) is 0 Å². The highest BCUT2D eigenvalue weighted by atomic mass is 31.2. The molecule has 1 aromatic heterocycles. The number of carbonyl (C=O) groups excluding carboxylic acids is 5. The lowest BCUT2D eigenvalue weighted by Gasteiger charge is -2.28. The molecule has 0 radical (unpaired) electrons. The number of carboxylic acid groups (broad SMARTS) is 1. The Balaban J connectivity index is 2.24. The van der Waals surface area contributed by atoms with Crippen molar-refractivity contribution in [2.24, 2.45) is 5.73 Å². The van der Waals surface area contributed by atoms with Crippen LogP contribution in [0.5, 0.6) is 5.75 Å². The Morgan fingerprint density at radius 2 is 1.45 bits per heavy atom. The number of nitrogens with one attached hydrogen (secondary N) is 6. The van der Waals surface area contributed by atoms with Gasteiger partial charge in [-0.2, -0.15) is 0 Å². The number of hydrogen-bond acceptors (Lipinski definition) is 12. The number of aliphatic hydroxyl groups is 2. The van der Waals surface area contributed by atoms with Gasteiger partial charge in [0.2, 0.25) is 29.5 Å². The number of unbranched alkanes of at least 4 members (excludes halogenated alkanes) is 1. The Kier molecular flexibility index (Phi) is 17.5. The third-order valence-electron chi connectivity index (χ3n) is 7.58. The lowest BCUT2D eigenvalue weighted by Crippen LogP contribution is -2.62. The minimum absolute atomic E-state index is 0.0819. The van der Waals surface area contributed by atoms with E-state index in [0.717, 1.165) is 13.8 Å². The number of rotatable bonds is 22. The quantitative estimate of drug-likeness (QED) is 0.0534. The van der Waals surface area contributed by atoms with Crippen molar-refractivity contribution in [1.82, 2.24) is 36.6 Å². The minimum atomic E-state index is -4.88. The van der Waals surface area contributed by atoms with Gasteiger partial charge in [-0.3, -0.25) is 33.8 Å². The molecule has 0 unspecified atom stereocenters. The van der Waals surface area contributed by atoms with Crippen LogP contribution in [0.3, 0.4) is 0 Å². The highest BCUT2D eigenvalue weighted by Gasteiger charge is 2.35. The molecular weight excluding hydrogens is 723 g/mol. The Labute approximate surface area is 304 Å². The number of amides is 5. The van der Waals surface area contributed by atoms with E-state index in [4.69, 9.17) is 15.5 Å². The molecule has 2 rings (SSSR count). The maximum Gasteiger partial charge on any atom is 0.524 e. The molecule has 7 atom stereocenters. The van der Waals surface area contributed by atoms with Gasteiger partial charge in [-0.05, 0) is 38.0 Å². The zero-order valence-corrected chi connectivity index (χ0v) is 30.1. The fourth-order valence-electron chi connectivity index (χ4n) is 4.77. The van der Waals surface area contributed by atoms with E-state index in [2.05, 4.69) is 41.1 Å². The van der Waals surface area contributed by atoms with E-state index < -0.39 is 92.3 Å². The number of aliphatic hydroxyl groups excluding tert-OH is 2. The summed E-state index contributed by atoms with van der Waals surface area (Å²) >= 11 is 0. The van der Waals surface area contributed by atoms with Crippen LogP contribution in [0.1, 0.15) is 51.3 Å². The topological polar surface area (TPSA) is 345 Å². The second-order valence-electron chi connectivity index (χ2n) is 12.2. The predicted octanol–water partition coefficient (Wildman–Crippen LogP) is -2.91. The van der Waals surface area contributed by atoms with Crippen molar-refractivity contribution in [3.05, 3.63) is 48.0 Å². The number of aromatic amines is 1. The van der Waals surface area contributed by atoms with E-state index in [9.17, 15) is 48.7 Å². The summed E-state index contributed by atoms with van der Waals surface area (Å²) in [6, 6.07) is -2.28. The first-order valence-electron chi connectivity index (χ1n) is 16.4. The Morgan fingerprint density at radius 1 is 0.868 bits per heavy atom. The number of aliphatic carboxylic acids is 1. The normalized spacial score (nSPS) is 15.3. The second kappa shape index (κ2) is 20.9. The maximum atomic E-state index is 13.6. The smallest absolute Gasteiger partial charge is 0.480 e. The molecule has 0 aliphatic heterocycles. The number of carbonyl (C=O) groups is 6. The van der Waals surface area contributed by atoms with Crippen molar-refractivity contribution in [1.29, 1.82) is 0 Å². The molecule has 0 saturated heterocycles. The van der Waals surface area contributed by atoms with Crippen LogP contribution in [-0.4, -0.2) is 120 Å². The number of carboxylic acids is 1. The molecule has 0 fully saturated rings. The summed E-state index contributed by atoms with van der Waals surface area (Å²) in [6.45, 7) is 3.49. The van der Waals surface area contributed by atoms with Gasteiger partial charge in [0.25, 0.3) is 0 Å². The van der Waals surface area contributed by atoms with Crippen LogP contribution >= 0.6 is 7.82 Å². The summed E-state index contributed by atoms with van der Waals surface area (Å²) in [5.74, 6) is -6.30. The molecule has 21 nitrogen and oxygen atoms in total. The monoisotopic (exact) mass is 770 g/mol. The summed E-state index contributed by atoms with van der Waals surface area (Å²) in [6.07, 6.45) is 0.698. The van der Waals surface area contributed by atoms with Gasteiger partial charge in [-0.1, -0.05) is 31.9 Å². The Hall–Kier alpha value is -4.92. The van der Waals surface area contributed by atoms with Gasteiger partial charge in [-0.15, -0.1) is 0 Å². The van der Waals surface area contributed by atoms with Gasteiger partial charge in [0.15, 0.2) is 0 Å². The minimum Gasteiger partial charge on any atom is -0.480 e. The molecule has 1 heterocycles. The average Bonchev–Trinajstić information content (AvgIpc) is 3.58. The summed E-state index contributed by atoms with van der Waals surface area (Å²) in [5.41, 5.74) is 6.79. The summed E-state index contributed by atoms with van der Waals surface area (Å²) in [5, 5.41) is 41.7. The number of imidazole rings is 1. The lowest BCUT2D eigenvalue weighted by molar-refractivity contribution is -0.143. The molecule has 53 heavy (non-hydrogen) atoms. The van der Waals surface area contributed by atoms with E-state index in [0.29, 0.717) is 24.1 Å². The maximum absolute atomic E-state index is 13.6. The van der Waals surface area contributed by atoms with Crippen LogP contribution < -0.4 is 36.8 Å². The van der Waals surface area contributed by atoms with Crippen molar-refractivity contribution in [3.63, 3.8) is 0 Å². The van der Waals surface area contributed by atoms with Gasteiger partial charge in [0, 0.05) is 24.7 Å². The van der Waals surface area contributed by atoms with Crippen LogP contribution in [0.2, 0.25) is 0 Å². The molecular formula is C31H47N8O13P. The van der Waals surface area contributed by atoms with Gasteiger partial charge >= 0.3 is 13.8 Å². The van der Waals surface area contributed by atoms with Crippen molar-refractivity contribution < 1.29 is 63.0 Å². The summed E-state index contributed by atoms with van der Waals surface area (Å²) in [4.78, 5) is 102. The van der Waals surface area contributed by atoms with Crippen molar-refractivity contribution in [2.75, 3.05) is 6.54 Å². The van der Waals surface area contributed by atoms with Gasteiger partial charge in [0.05, 0.1) is 31.1 Å². The molecule has 0 aliphatic rings. The van der Waals surface area contributed by atoms with Crippen LogP contribution in [-0.2, 0) is 46.2 Å². The molecule has 1 aromatic carbocycles. The van der Waals surface area contributed by atoms with Crippen LogP contribution in [0.15, 0.2) is 36.8 Å². The van der Waals surface area contributed by atoms with E-state index in [1.165, 1.54) is 36.8 Å². The predicted molar refractivity (Wildman–Crippen MR) is 184 cm³/mol. The molecule has 5 amide bonds. The van der Waals surface area contributed by atoms with Crippen LogP contribution in [0.4, 0.5) is 0 Å². The number of nitrogens with zero attached hydrogens (tertiary/aromatic N) is 1. The fourth-order valence-corrected chi connectivity index (χ4v) is 5.17. The molecule has 0 bridgehead atoms. The number of phosphoric ester groups is 1. The first kappa shape index (κ1) is 44.2. The summed E-state index contributed by atoms with van der Waals surface area (Å²) < 4.78 is 15.7. The van der Waals surface area contributed by atoms with E-state index in [-0.39, 0.29) is 25.0 Å². The fraction of sp³-hybridized carbons (Fsp3) is 0.516. The first-order chi connectivity index (χ1) is 24.8. The van der Waals surface area contributed by atoms with Gasteiger partial charge in [0.1, 0.15) is 29.9 Å². The molecule has 13 N–H and O–H groups in total. The SMILES string of the molecule is CCCC[C@H](NC(=O)[C@@H](NC(=O)[C@@H](NC(=O)[C@H](Cc1ccc(OP(=O)(O)O)cc1)NC(=O)CNC(=O)[C@@H](N)Cc1cnc[nH]1)[C@@H](C)O)[C@@H](C)O)C(=O)O. The van der Waals surface area contributed by atoms with Gasteiger partial charge < -0.3 is 57.1 Å². The highest BCUT2D eigenvalue weighted by Crippen LogP contribution is 2.37.